The average Bonchev–Trinajstić information content (AvgIpc) is 4.25. The molecule has 2 atom stereocenters. The van der Waals surface area contributed by atoms with Crippen LogP contribution in [-0.4, -0.2) is 111 Å². The Morgan fingerprint density at radius 2 is 1.59 bits per heavy atom. The predicted octanol–water partition coefficient (Wildman–Crippen LogP) is 6.51. The second-order valence-corrected chi connectivity index (χ2v) is 19.3. The van der Waals surface area contributed by atoms with E-state index >= 15 is 0 Å². The average molecular weight is 1090 g/mol. The summed E-state index contributed by atoms with van der Waals surface area (Å²) in [4.78, 5) is 114. The fourth-order valence-corrected chi connectivity index (χ4v) is 8.73. The topological polar surface area (TPSA) is 303 Å². The van der Waals surface area contributed by atoms with Gasteiger partial charge in [0, 0.05) is 72.8 Å². The van der Waals surface area contributed by atoms with Crippen LogP contribution in [0.2, 0.25) is 0 Å². The second-order valence-electron chi connectivity index (χ2n) is 19.3. The number of nitrogens with two attached hydrogens (primary N) is 1. The number of nitrogens with one attached hydrogen (secondary N) is 5. The molecule has 7 N–H and O–H groups in total. The number of primary amides is 1. The third kappa shape index (κ3) is 15.4. The first-order chi connectivity index (χ1) is 38.7. The minimum absolute atomic E-state index is 0.0223. The number of amides is 8. The van der Waals surface area contributed by atoms with Gasteiger partial charge in [-0.05, 0) is 98.7 Å². The van der Waals surface area contributed by atoms with Crippen LogP contribution in [0, 0.1) is 12.8 Å². The Labute approximate surface area is 460 Å². The number of aromatic nitrogens is 7. The van der Waals surface area contributed by atoms with Crippen molar-refractivity contribution >= 4 is 53.0 Å². The van der Waals surface area contributed by atoms with Gasteiger partial charge in [-0.3, -0.25) is 43.7 Å². The Bertz CT molecular complexity index is 3340. The van der Waals surface area contributed by atoms with Crippen LogP contribution < -0.4 is 31.7 Å². The van der Waals surface area contributed by atoms with E-state index in [1.165, 1.54) is 23.4 Å². The van der Waals surface area contributed by atoms with Crippen LogP contribution in [0.5, 0.6) is 11.5 Å². The van der Waals surface area contributed by atoms with Crippen LogP contribution in [-0.2, 0) is 48.4 Å². The number of rotatable bonds is 26. The number of pyridine rings is 3. The molecule has 2 aromatic carbocycles. The van der Waals surface area contributed by atoms with Crippen LogP contribution in [0.25, 0.3) is 28.3 Å². The first-order valence-corrected chi connectivity index (χ1v) is 26.1. The van der Waals surface area contributed by atoms with Crippen LogP contribution >= 0.6 is 0 Å². The van der Waals surface area contributed by atoms with Crippen molar-refractivity contribution < 1.29 is 43.0 Å². The van der Waals surface area contributed by atoms with Gasteiger partial charge in [0.2, 0.25) is 17.7 Å². The quantitative estimate of drug-likeness (QED) is 0.0249. The lowest BCUT2D eigenvalue weighted by Gasteiger charge is -2.25. The smallest absolute Gasteiger partial charge is 0.410 e. The maximum absolute atomic E-state index is 14.4. The summed E-state index contributed by atoms with van der Waals surface area (Å²) in [6, 6.07) is 24.1. The first-order valence-electron chi connectivity index (χ1n) is 26.1. The molecule has 0 saturated carbocycles. The van der Waals surface area contributed by atoms with Crippen LogP contribution in [0.3, 0.4) is 0 Å². The predicted molar refractivity (Wildman–Crippen MR) is 294 cm³/mol. The van der Waals surface area contributed by atoms with Gasteiger partial charge in [-0.2, -0.15) is 5.10 Å². The normalized spacial score (nSPS) is 12.8. The van der Waals surface area contributed by atoms with E-state index < -0.39 is 36.0 Å². The zero-order valence-electron chi connectivity index (χ0n) is 44.5. The minimum atomic E-state index is -1.08. The molecular formula is C57H62N14O9. The first kappa shape index (κ1) is 56.4. The van der Waals surface area contributed by atoms with Crippen molar-refractivity contribution in [3.8, 4) is 34.1 Å². The molecule has 0 saturated heterocycles. The number of nitrogens with zero attached hydrogens (tertiary/aromatic N) is 8. The molecule has 0 radical (unpaired) electrons. The number of ether oxygens (including phenoxy) is 2. The number of imidazole rings is 1. The third-order valence-corrected chi connectivity index (χ3v) is 12.9. The molecule has 80 heavy (non-hydrogen) atoms. The number of benzene rings is 2. The van der Waals surface area contributed by atoms with Crippen molar-refractivity contribution in [2.24, 2.45) is 11.7 Å². The van der Waals surface area contributed by atoms with Gasteiger partial charge in [-0.15, -0.1) is 0 Å². The number of carbonyl (C=O) groups is 7. The van der Waals surface area contributed by atoms with Gasteiger partial charge in [0.15, 0.2) is 5.65 Å². The summed E-state index contributed by atoms with van der Waals surface area (Å²) in [5, 5.41) is 15.2. The zero-order chi connectivity index (χ0) is 56.5. The van der Waals surface area contributed by atoms with Crippen LogP contribution in [0.15, 0.2) is 128 Å². The summed E-state index contributed by atoms with van der Waals surface area (Å²) in [5.41, 5.74) is 11.0. The van der Waals surface area contributed by atoms with Gasteiger partial charge < -0.3 is 41.5 Å². The van der Waals surface area contributed by atoms with E-state index in [4.69, 9.17) is 25.2 Å². The highest BCUT2D eigenvalue weighted by Gasteiger charge is 2.30. The van der Waals surface area contributed by atoms with Crippen LogP contribution in [0.1, 0.15) is 75.0 Å². The number of aryl methyl sites for hydroxylation is 1. The zero-order valence-corrected chi connectivity index (χ0v) is 44.5. The van der Waals surface area contributed by atoms with E-state index in [-0.39, 0.29) is 75.7 Å². The third-order valence-electron chi connectivity index (χ3n) is 12.9. The number of anilines is 1. The molecule has 7 aromatic rings. The Morgan fingerprint density at radius 1 is 0.812 bits per heavy atom. The number of carbonyl (C=O) groups excluding carboxylic acids is 7. The Kier molecular flexibility index (Phi) is 19.0. The van der Waals surface area contributed by atoms with Crippen molar-refractivity contribution in [2.45, 2.75) is 91.1 Å². The highest BCUT2D eigenvalue weighted by atomic mass is 16.6. The number of hydrogen-bond donors (Lipinski definition) is 6. The van der Waals surface area contributed by atoms with Crippen molar-refractivity contribution in [2.75, 3.05) is 18.4 Å². The molecule has 5 aromatic heterocycles. The Hall–Kier alpha value is -9.80. The number of para-hydroxylation sites is 1. The fraction of sp³-hybridized carbons (Fsp3) is 0.298. The lowest BCUT2D eigenvalue weighted by molar-refractivity contribution is -0.137. The van der Waals surface area contributed by atoms with E-state index in [0.29, 0.717) is 76.1 Å². The largest absolute Gasteiger partial charge is 0.457 e. The highest BCUT2D eigenvalue weighted by molar-refractivity contribution is 6.12. The second kappa shape index (κ2) is 27.0. The summed E-state index contributed by atoms with van der Waals surface area (Å²) in [5.74, 6) is -1.06. The lowest BCUT2D eigenvalue weighted by Crippen LogP contribution is -2.54. The van der Waals surface area contributed by atoms with E-state index in [2.05, 4.69) is 41.3 Å². The number of hydrogen-bond acceptors (Lipinski definition) is 14. The van der Waals surface area contributed by atoms with E-state index in [1.54, 1.807) is 67.2 Å². The van der Waals surface area contributed by atoms with E-state index in [9.17, 15) is 33.6 Å². The van der Waals surface area contributed by atoms with Crippen molar-refractivity contribution in [1.29, 1.82) is 0 Å². The number of fused-ring (bicyclic) bond motifs is 1. The van der Waals surface area contributed by atoms with Crippen molar-refractivity contribution in [3.05, 3.63) is 151 Å². The number of unbranched alkanes of at least 4 members (excludes halogenated alkanes) is 2. The number of H-pyrrole nitrogens is 1. The summed E-state index contributed by atoms with van der Waals surface area (Å²) >= 11 is 0. The molecule has 6 heterocycles. The van der Waals surface area contributed by atoms with Gasteiger partial charge in [0.05, 0.1) is 30.2 Å². The molecule has 0 aliphatic carbocycles. The molecule has 1 aliphatic heterocycles. The lowest BCUT2D eigenvalue weighted by atomic mass is 10.0. The minimum Gasteiger partial charge on any atom is -0.457 e. The van der Waals surface area contributed by atoms with Gasteiger partial charge in [0.25, 0.3) is 11.8 Å². The Morgan fingerprint density at radius 3 is 2.34 bits per heavy atom. The SMILES string of the molecule is Cc1cccc(-c2[nH]c(CN(Cc3ccccc3Oc3ccncc3)C(=O)OCc3ccc(NC(=O)[C@H](CCCNC(N)=O)NC(=O)C(NC(=O)CCCCCN4C(=O)C=CC4=O)C(C)C)cc3)nc2-c2ccc3ncnn3c2)n1. The van der Waals surface area contributed by atoms with Gasteiger partial charge in [-0.25, -0.2) is 24.1 Å². The van der Waals surface area contributed by atoms with Gasteiger partial charge >= 0.3 is 12.1 Å². The highest BCUT2D eigenvalue weighted by Crippen LogP contribution is 2.31. The summed E-state index contributed by atoms with van der Waals surface area (Å²) in [6.07, 6.45) is 10.4. The molecule has 414 valence electrons. The summed E-state index contributed by atoms with van der Waals surface area (Å²) < 4.78 is 13.9. The molecule has 8 rings (SSSR count). The fourth-order valence-electron chi connectivity index (χ4n) is 8.73. The molecule has 23 nitrogen and oxygen atoms in total. The molecule has 8 amide bonds. The van der Waals surface area contributed by atoms with Crippen LogP contribution in [0.4, 0.5) is 15.3 Å². The number of imide groups is 1. The maximum atomic E-state index is 14.4. The molecule has 1 aliphatic rings. The van der Waals surface area contributed by atoms with E-state index in [0.717, 1.165) is 16.2 Å². The standard InChI is InChI=1S/C57H62N14O9/c1-36(2)51(68-48(72)16-5-4-8-30-70-49(73)23-24-50(70)74)55(76)65-44(14-10-27-60-56(58)77)54(75)64-41-20-17-38(18-21-41)34-79-57(78)69(31-39-12-6-7-15-45(39)80-42-25-28-59-29-26-42)33-46-66-52(40-19-22-47-61-35-62-71(47)32-40)53(67-46)43-13-9-11-37(3)63-43/h6-7,9,11-13,15,17-26,28-29,32,35-36,44,51H,4-5,8,10,14,16,27,30-31,33-34H2,1-3H3,(H,64,75)(H,65,76)(H,66,67)(H,68,72)(H3,58,60,77)/t44-,51?/m0/s1. The number of aromatic amines is 1. The van der Waals surface area contributed by atoms with Crippen molar-refractivity contribution in [1.82, 2.24) is 60.3 Å². The monoisotopic (exact) mass is 1090 g/mol. The molecule has 0 fully saturated rings. The van der Waals surface area contributed by atoms with Crippen molar-refractivity contribution in [3.63, 3.8) is 0 Å². The molecular weight excluding hydrogens is 1020 g/mol. The summed E-state index contributed by atoms with van der Waals surface area (Å²) in [7, 11) is 0. The Balaban J connectivity index is 0.939. The molecule has 0 spiro atoms. The van der Waals surface area contributed by atoms with E-state index in [1.807, 2.05) is 67.7 Å². The van der Waals surface area contributed by atoms with Gasteiger partial charge in [0.1, 0.15) is 42.3 Å². The summed E-state index contributed by atoms with van der Waals surface area (Å²) in [6.45, 7) is 5.71. The molecule has 23 heteroatoms. The molecule has 1 unspecified atom stereocenters. The maximum Gasteiger partial charge on any atom is 0.410 e. The molecule has 0 bridgehead atoms. The van der Waals surface area contributed by atoms with Gasteiger partial charge in [-0.1, -0.05) is 56.7 Å². The number of urea groups is 1.